The molecular formula is C15H30N2OSi. The second-order valence-electron chi connectivity index (χ2n) is 7.16. The van der Waals surface area contributed by atoms with Crippen LogP contribution in [0.4, 0.5) is 0 Å². The van der Waals surface area contributed by atoms with Crippen LogP contribution in [0, 0.1) is 5.92 Å². The predicted octanol–water partition coefficient (Wildman–Crippen LogP) is 4.24. The lowest BCUT2D eigenvalue weighted by atomic mass is 9.96. The Morgan fingerprint density at radius 1 is 1.37 bits per heavy atom. The molecule has 1 atom stereocenters. The minimum atomic E-state index is -1.69. The SMILES string of the molecule is CN(C)/N=C/C1C=C(O[Si](C)(C)C(C)(C)C)CCC1. The number of rotatable bonds is 4. The average molecular weight is 283 g/mol. The van der Waals surface area contributed by atoms with Crippen molar-refractivity contribution in [3.63, 3.8) is 0 Å². The zero-order valence-electron chi connectivity index (χ0n) is 13.7. The highest BCUT2D eigenvalue weighted by Crippen LogP contribution is 2.39. The molecule has 0 radical (unpaired) electrons. The van der Waals surface area contributed by atoms with Crippen LogP contribution < -0.4 is 0 Å². The largest absolute Gasteiger partial charge is 0.547 e. The summed E-state index contributed by atoms with van der Waals surface area (Å²) >= 11 is 0. The van der Waals surface area contributed by atoms with Gasteiger partial charge in [-0.1, -0.05) is 20.8 Å². The molecule has 19 heavy (non-hydrogen) atoms. The van der Waals surface area contributed by atoms with Crippen molar-refractivity contribution in [3.05, 3.63) is 11.8 Å². The third-order valence-corrected chi connectivity index (χ3v) is 8.43. The van der Waals surface area contributed by atoms with Crippen molar-refractivity contribution >= 4 is 14.5 Å². The summed E-state index contributed by atoms with van der Waals surface area (Å²) in [5.74, 6) is 1.61. The van der Waals surface area contributed by atoms with E-state index < -0.39 is 8.32 Å². The number of allylic oxidation sites excluding steroid dienone is 2. The van der Waals surface area contributed by atoms with Crippen LogP contribution in [0.2, 0.25) is 18.1 Å². The van der Waals surface area contributed by atoms with Gasteiger partial charge in [0.15, 0.2) is 0 Å². The molecule has 0 bridgehead atoms. The minimum Gasteiger partial charge on any atom is -0.547 e. The fraction of sp³-hybridized carbons (Fsp3) is 0.800. The van der Waals surface area contributed by atoms with Crippen LogP contribution in [0.25, 0.3) is 0 Å². The van der Waals surface area contributed by atoms with E-state index in [-0.39, 0.29) is 5.04 Å². The Hall–Kier alpha value is -0.773. The normalized spacial score (nSPS) is 21.4. The summed E-state index contributed by atoms with van der Waals surface area (Å²) < 4.78 is 6.40. The topological polar surface area (TPSA) is 24.8 Å². The predicted molar refractivity (Wildman–Crippen MR) is 85.9 cm³/mol. The molecule has 0 saturated carbocycles. The molecule has 1 unspecified atom stereocenters. The van der Waals surface area contributed by atoms with E-state index in [4.69, 9.17) is 4.43 Å². The van der Waals surface area contributed by atoms with Gasteiger partial charge in [0.05, 0.1) is 5.76 Å². The van der Waals surface area contributed by atoms with Crippen LogP contribution in [0.1, 0.15) is 40.0 Å². The Labute approximate surface area is 119 Å². The van der Waals surface area contributed by atoms with Crippen LogP contribution in [0.5, 0.6) is 0 Å². The van der Waals surface area contributed by atoms with Gasteiger partial charge in [-0.25, -0.2) is 0 Å². The molecule has 0 saturated heterocycles. The monoisotopic (exact) mass is 282 g/mol. The smallest absolute Gasteiger partial charge is 0.250 e. The molecule has 1 aliphatic carbocycles. The van der Waals surface area contributed by atoms with Gasteiger partial charge in [0, 0.05) is 32.6 Å². The quantitative estimate of drug-likeness (QED) is 0.438. The molecule has 0 heterocycles. The van der Waals surface area contributed by atoms with E-state index in [2.05, 4.69) is 45.0 Å². The highest BCUT2D eigenvalue weighted by Gasteiger charge is 2.39. The minimum absolute atomic E-state index is 0.262. The lowest BCUT2D eigenvalue weighted by Crippen LogP contribution is -2.40. The first kappa shape index (κ1) is 16.3. The molecule has 4 heteroatoms. The average Bonchev–Trinajstić information content (AvgIpc) is 2.24. The van der Waals surface area contributed by atoms with Crippen molar-refractivity contribution in [2.24, 2.45) is 11.0 Å². The number of hydrazone groups is 1. The summed E-state index contributed by atoms with van der Waals surface area (Å²) in [6, 6.07) is 0. The van der Waals surface area contributed by atoms with E-state index in [0.29, 0.717) is 5.92 Å². The van der Waals surface area contributed by atoms with Crippen molar-refractivity contribution < 1.29 is 4.43 Å². The lowest BCUT2D eigenvalue weighted by Gasteiger charge is -2.38. The standard InChI is InChI=1S/C15H30N2OSi/c1-15(2,3)19(6,7)18-14-10-8-9-13(11-14)12-16-17(4)5/h11-13H,8-10H2,1-7H3/b16-12+. The second-order valence-corrected chi connectivity index (χ2v) is 11.9. The number of hydrogen-bond donors (Lipinski definition) is 0. The van der Waals surface area contributed by atoms with Gasteiger partial charge in [0.25, 0.3) is 0 Å². The third-order valence-electron chi connectivity index (χ3n) is 4.04. The molecule has 0 aliphatic heterocycles. The second kappa shape index (κ2) is 6.12. The van der Waals surface area contributed by atoms with Crippen LogP contribution >= 0.6 is 0 Å². The Kier molecular flexibility index (Phi) is 5.24. The van der Waals surface area contributed by atoms with E-state index in [0.717, 1.165) is 6.42 Å². The molecule has 3 nitrogen and oxygen atoms in total. The van der Waals surface area contributed by atoms with E-state index in [9.17, 15) is 0 Å². The number of hydrogen-bond acceptors (Lipinski definition) is 3. The maximum absolute atomic E-state index is 6.40. The maximum atomic E-state index is 6.40. The van der Waals surface area contributed by atoms with Gasteiger partial charge in [0.1, 0.15) is 0 Å². The van der Waals surface area contributed by atoms with Gasteiger partial charge >= 0.3 is 0 Å². The van der Waals surface area contributed by atoms with Crippen LogP contribution in [-0.4, -0.2) is 33.6 Å². The van der Waals surface area contributed by atoms with Gasteiger partial charge in [-0.05, 0) is 37.0 Å². The fourth-order valence-electron chi connectivity index (χ4n) is 1.82. The first-order chi connectivity index (χ1) is 8.62. The molecule has 0 N–H and O–H groups in total. The molecule has 0 aromatic rings. The van der Waals surface area contributed by atoms with Crippen LogP contribution in [0.15, 0.2) is 16.9 Å². The molecule has 1 rings (SSSR count). The zero-order chi connectivity index (χ0) is 14.7. The summed E-state index contributed by atoms with van der Waals surface area (Å²) in [6.45, 7) is 11.5. The summed E-state index contributed by atoms with van der Waals surface area (Å²) in [4.78, 5) is 0. The summed E-state index contributed by atoms with van der Waals surface area (Å²) in [6.07, 6.45) is 7.77. The van der Waals surface area contributed by atoms with Gasteiger partial charge < -0.3 is 9.43 Å². The fourth-order valence-corrected chi connectivity index (χ4v) is 2.95. The third kappa shape index (κ3) is 5.01. The zero-order valence-corrected chi connectivity index (χ0v) is 14.7. The first-order valence-electron chi connectivity index (χ1n) is 7.23. The van der Waals surface area contributed by atoms with Gasteiger partial charge in [-0.3, -0.25) is 0 Å². The molecular weight excluding hydrogens is 252 g/mol. The van der Waals surface area contributed by atoms with Gasteiger partial charge in [0.2, 0.25) is 8.32 Å². The highest BCUT2D eigenvalue weighted by molar-refractivity contribution is 6.74. The molecule has 0 aromatic heterocycles. The van der Waals surface area contributed by atoms with Crippen LogP contribution in [-0.2, 0) is 4.43 Å². The summed E-state index contributed by atoms with van der Waals surface area (Å²) in [5, 5.41) is 6.45. The molecule has 0 aromatic carbocycles. The van der Waals surface area contributed by atoms with E-state index in [1.165, 1.54) is 18.6 Å². The number of nitrogens with zero attached hydrogens (tertiary/aromatic N) is 2. The lowest BCUT2D eigenvalue weighted by molar-refractivity contribution is 0.345. The highest BCUT2D eigenvalue weighted by atomic mass is 28.4. The molecule has 0 spiro atoms. The summed E-state index contributed by atoms with van der Waals surface area (Å²) in [7, 11) is 2.22. The molecule has 0 amide bonds. The Morgan fingerprint density at radius 3 is 2.53 bits per heavy atom. The van der Waals surface area contributed by atoms with E-state index in [1.54, 1.807) is 0 Å². The van der Waals surface area contributed by atoms with Crippen molar-refractivity contribution in [2.45, 2.75) is 58.2 Å². The maximum Gasteiger partial charge on any atom is 0.250 e. The van der Waals surface area contributed by atoms with Crippen molar-refractivity contribution in [2.75, 3.05) is 14.1 Å². The Morgan fingerprint density at radius 2 is 2.00 bits per heavy atom. The van der Waals surface area contributed by atoms with E-state index >= 15 is 0 Å². The van der Waals surface area contributed by atoms with Gasteiger partial charge in [-0.2, -0.15) is 5.10 Å². The Balaban J connectivity index is 2.73. The van der Waals surface area contributed by atoms with Crippen molar-refractivity contribution in [1.82, 2.24) is 5.01 Å². The van der Waals surface area contributed by atoms with Crippen LogP contribution in [0.3, 0.4) is 0 Å². The molecule has 0 fully saturated rings. The summed E-state index contributed by atoms with van der Waals surface area (Å²) in [5.41, 5.74) is 0. The van der Waals surface area contributed by atoms with Gasteiger partial charge in [-0.15, -0.1) is 0 Å². The molecule has 1 aliphatic rings. The Bertz CT molecular complexity index is 354. The molecule has 110 valence electrons. The first-order valence-corrected chi connectivity index (χ1v) is 10.1. The van der Waals surface area contributed by atoms with Crippen molar-refractivity contribution in [3.8, 4) is 0 Å². The van der Waals surface area contributed by atoms with E-state index in [1.807, 2.05) is 25.3 Å². The van der Waals surface area contributed by atoms with Crippen molar-refractivity contribution in [1.29, 1.82) is 0 Å².